The summed E-state index contributed by atoms with van der Waals surface area (Å²) < 4.78 is 21.9. The number of hydrogen-bond donors (Lipinski definition) is 1. The Kier molecular flexibility index (Phi) is 6.25. The molecule has 0 unspecified atom stereocenters. The maximum Gasteiger partial charge on any atom is 0.321 e. The van der Waals surface area contributed by atoms with E-state index in [9.17, 15) is 4.79 Å². The highest BCUT2D eigenvalue weighted by Crippen LogP contribution is 2.31. The highest BCUT2D eigenvalue weighted by molar-refractivity contribution is 5.89. The Morgan fingerprint density at radius 3 is 2.72 bits per heavy atom. The van der Waals surface area contributed by atoms with Gasteiger partial charge in [0.05, 0.1) is 33.0 Å². The Hall–Kier alpha value is -1.67. The molecule has 0 saturated carbocycles. The van der Waals surface area contributed by atoms with Crippen LogP contribution < -0.4 is 5.32 Å². The molecule has 0 atom stereocenters. The Balaban J connectivity index is 1.48. The highest BCUT2D eigenvalue weighted by atomic mass is 16.7. The van der Waals surface area contributed by atoms with Crippen molar-refractivity contribution in [1.82, 2.24) is 4.90 Å². The topological polar surface area (TPSA) is 69.3 Å². The van der Waals surface area contributed by atoms with Gasteiger partial charge >= 0.3 is 6.03 Å². The van der Waals surface area contributed by atoms with E-state index in [4.69, 9.17) is 18.9 Å². The van der Waals surface area contributed by atoms with Crippen molar-refractivity contribution >= 4 is 11.7 Å². The van der Waals surface area contributed by atoms with Crippen molar-refractivity contribution in [3.05, 3.63) is 29.8 Å². The summed E-state index contributed by atoms with van der Waals surface area (Å²) in [5.41, 5.74) is 1.78. The number of hydrogen-bond acceptors (Lipinski definition) is 5. The summed E-state index contributed by atoms with van der Waals surface area (Å²) in [6, 6.07) is 7.60. The fourth-order valence-corrected chi connectivity index (χ4v) is 3.11. The Morgan fingerprint density at radius 1 is 1.24 bits per heavy atom. The molecule has 7 heteroatoms. The second-order valence-corrected chi connectivity index (χ2v) is 6.27. The van der Waals surface area contributed by atoms with Gasteiger partial charge in [0.1, 0.15) is 0 Å². The van der Waals surface area contributed by atoms with E-state index in [1.807, 2.05) is 24.3 Å². The van der Waals surface area contributed by atoms with E-state index >= 15 is 0 Å². The second-order valence-electron chi connectivity index (χ2n) is 6.27. The first-order valence-electron chi connectivity index (χ1n) is 8.70. The normalized spacial score (nSPS) is 19.3. The van der Waals surface area contributed by atoms with Crippen LogP contribution in [-0.2, 0) is 25.6 Å². The number of urea groups is 1. The molecular weight excluding hydrogens is 324 g/mol. The number of carbonyl (C=O) groups excluding carboxylic acids is 1. The van der Waals surface area contributed by atoms with E-state index in [0.29, 0.717) is 59.0 Å². The molecule has 2 amide bonds. The van der Waals surface area contributed by atoms with Gasteiger partial charge in [-0.2, -0.15) is 0 Å². The van der Waals surface area contributed by atoms with E-state index in [1.165, 1.54) is 0 Å². The minimum Gasteiger partial charge on any atom is -0.382 e. The van der Waals surface area contributed by atoms with Crippen LogP contribution in [0.3, 0.4) is 0 Å². The predicted molar refractivity (Wildman–Crippen MR) is 92.4 cm³/mol. The molecule has 2 fully saturated rings. The Bertz CT molecular complexity index is 564. The lowest BCUT2D eigenvalue weighted by molar-refractivity contribution is -0.181. The monoisotopic (exact) mass is 350 g/mol. The van der Waals surface area contributed by atoms with Gasteiger partial charge in [0.15, 0.2) is 5.79 Å². The smallest absolute Gasteiger partial charge is 0.321 e. The first kappa shape index (κ1) is 18.1. The van der Waals surface area contributed by atoms with Crippen LogP contribution >= 0.6 is 0 Å². The second kappa shape index (κ2) is 8.62. The SMILES string of the molecule is COCCOCc1cccc(NC(=O)N2CCC3(CC2)OCCO3)c1. The number of nitrogens with one attached hydrogen (secondary N) is 1. The minimum atomic E-state index is -0.462. The van der Waals surface area contributed by atoms with E-state index < -0.39 is 5.79 Å². The summed E-state index contributed by atoms with van der Waals surface area (Å²) in [6.07, 6.45) is 1.43. The molecule has 25 heavy (non-hydrogen) atoms. The number of anilines is 1. The molecule has 0 bridgehead atoms. The number of benzene rings is 1. The molecule has 2 aliphatic rings. The number of amides is 2. The molecule has 1 spiro atoms. The molecule has 0 aliphatic carbocycles. The van der Waals surface area contributed by atoms with E-state index in [0.717, 1.165) is 11.3 Å². The van der Waals surface area contributed by atoms with Crippen molar-refractivity contribution in [2.45, 2.75) is 25.2 Å². The predicted octanol–water partition coefficient (Wildman–Crippen LogP) is 2.22. The van der Waals surface area contributed by atoms with E-state index in [1.54, 1.807) is 12.0 Å². The molecule has 1 aromatic carbocycles. The molecule has 3 rings (SSSR count). The van der Waals surface area contributed by atoms with Gasteiger partial charge in [-0.3, -0.25) is 0 Å². The summed E-state index contributed by atoms with van der Waals surface area (Å²) in [7, 11) is 1.65. The lowest BCUT2D eigenvalue weighted by Gasteiger charge is -2.37. The summed E-state index contributed by atoms with van der Waals surface area (Å²) in [5, 5.41) is 2.96. The summed E-state index contributed by atoms with van der Waals surface area (Å²) in [5.74, 6) is -0.462. The van der Waals surface area contributed by atoms with Crippen molar-refractivity contribution < 1.29 is 23.7 Å². The number of nitrogens with zero attached hydrogens (tertiary/aromatic N) is 1. The van der Waals surface area contributed by atoms with Gasteiger partial charge in [0.2, 0.25) is 0 Å². The Morgan fingerprint density at radius 2 is 2.00 bits per heavy atom. The standard InChI is InChI=1S/C18H26N2O5/c1-22-9-10-23-14-15-3-2-4-16(13-15)19-17(21)20-7-5-18(6-8-20)24-11-12-25-18/h2-4,13H,5-12,14H2,1H3,(H,19,21). The lowest BCUT2D eigenvalue weighted by atomic mass is 10.0. The van der Waals surface area contributed by atoms with Crippen LogP contribution in [0.15, 0.2) is 24.3 Å². The van der Waals surface area contributed by atoms with Gasteiger partial charge in [-0.25, -0.2) is 4.79 Å². The van der Waals surface area contributed by atoms with Crippen molar-refractivity contribution in [2.24, 2.45) is 0 Å². The zero-order valence-corrected chi connectivity index (χ0v) is 14.7. The maximum atomic E-state index is 12.5. The van der Waals surface area contributed by atoms with Crippen molar-refractivity contribution in [3.8, 4) is 0 Å². The molecule has 7 nitrogen and oxygen atoms in total. The van der Waals surface area contributed by atoms with Gasteiger partial charge in [0, 0.05) is 38.7 Å². The number of likely N-dealkylation sites (tertiary alicyclic amines) is 1. The summed E-state index contributed by atoms with van der Waals surface area (Å²) in [6.45, 7) is 4.16. The van der Waals surface area contributed by atoms with Crippen molar-refractivity contribution in [2.75, 3.05) is 51.9 Å². The first-order chi connectivity index (χ1) is 12.2. The third-order valence-corrected chi connectivity index (χ3v) is 4.50. The molecule has 0 radical (unpaired) electrons. The average molecular weight is 350 g/mol. The molecule has 2 saturated heterocycles. The van der Waals surface area contributed by atoms with Crippen LogP contribution in [0.25, 0.3) is 0 Å². The average Bonchev–Trinajstić information content (AvgIpc) is 3.08. The van der Waals surface area contributed by atoms with Crippen molar-refractivity contribution in [1.29, 1.82) is 0 Å². The Labute approximate surface area is 148 Å². The van der Waals surface area contributed by atoms with E-state index in [2.05, 4.69) is 5.32 Å². The fraction of sp³-hybridized carbons (Fsp3) is 0.611. The molecule has 1 N–H and O–H groups in total. The molecule has 1 aromatic rings. The molecule has 138 valence electrons. The molecule has 0 aromatic heterocycles. The number of piperidine rings is 1. The van der Waals surface area contributed by atoms with Crippen LogP contribution in [-0.4, -0.2) is 63.3 Å². The van der Waals surface area contributed by atoms with Gasteiger partial charge < -0.3 is 29.2 Å². The summed E-state index contributed by atoms with van der Waals surface area (Å²) in [4.78, 5) is 14.3. The number of ether oxygens (including phenoxy) is 4. The number of carbonyl (C=O) groups is 1. The van der Waals surface area contributed by atoms with Crippen LogP contribution in [0.1, 0.15) is 18.4 Å². The van der Waals surface area contributed by atoms with Gasteiger partial charge in [-0.1, -0.05) is 12.1 Å². The number of rotatable bonds is 6. The quantitative estimate of drug-likeness (QED) is 0.797. The third kappa shape index (κ3) is 4.92. The van der Waals surface area contributed by atoms with E-state index in [-0.39, 0.29) is 6.03 Å². The van der Waals surface area contributed by atoms with Gasteiger partial charge in [-0.15, -0.1) is 0 Å². The molecule has 2 aliphatic heterocycles. The molecule has 2 heterocycles. The van der Waals surface area contributed by atoms with Crippen LogP contribution in [0.5, 0.6) is 0 Å². The van der Waals surface area contributed by atoms with Crippen LogP contribution in [0.4, 0.5) is 10.5 Å². The zero-order valence-electron chi connectivity index (χ0n) is 14.7. The van der Waals surface area contributed by atoms with Crippen LogP contribution in [0.2, 0.25) is 0 Å². The fourth-order valence-electron chi connectivity index (χ4n) is 3.11. The van der Waals surface area contributed by atoms with Crippen LogP contribution in [0, 0.1) is 0 Å². The molecular formula is C18H26N2O5. The highest BCUT2D eigenvalue weighted by Gasteiger charge is 2.40. The maximum absolute atomic E-state index is 12.5. The van der Waals surface area contributed by atoms with Gasteiger partial charge in [-0.05, 0) is 17.7 Å². The number of methoxy groups -OCH3 is 1. The third-order valence-electron chi connectivity index (χ3n) is 4.50. The first-order valence-corrected chi connectivity index (χ1v) is 8.70. The largest absolute Gasteiger partial charge is 0.382 e. The lowest BCUT2D eigenvalue weighted by Crippen LogP contribution is -2.48. The van der Waals surface area contributed by atoms with Crippen molar-refractivity contribution in [3.63, 3.8) is 0 Å². The summed E-state index contributed by atoms with van der Waals surface area (Å²) >= 11 is 0. The minimum absolute atomic E-state index is 0.0923. The van der Waals surface area contributed by atoms with Gasteiger partial charge in [0.25, 0.3) is 0 Å². The zero-order chi connectivity index (χ0) is 17.5.